The molecule has 1 amide bonds. The topological polar surface area (TPSA) is 79.3 Å². The fourth-order valence-electron chi connectivity index (χ4n) is 1.62. The maximum absolute atomic E-state index is 11.7. The number of nitrogens with one attached hydrogen (secondary N) is 1. The number of carboxylic acid groups (broad SMARTS) is 1. The summed E-state index contributed by atoms with van der Waals surface area (Å²) < 4.78 is 0. The molecular formula is C13H20N2O3S. The van der Waals surface area contributed by atoms with Gasteiger partial charge >= 0.3 is 5.97 Å². The molecule has 0 fully saturated rings. The van der Waals surface area contributed by atoms with Crippen LogP contribution in [0.2, 0.25) is 0 Å². The molecule has 1 unspecified atom stereocenters. The van der Waals surface area contributed by atoms with E-state index in [4.69, 9.17) is 5.11 Å². The van der Waals surface area contributed by atoms with Crippen molar-refractivity contribution in [3.05, 3.63) is 16.1 Å². The number of carbonyl (C=O) groups is 2. The minimum atomic E-state index is -1.17. The highest BCUT2D eigenvalue weighted by molar-refractivity contribution is 7.09. The molecular weight excluding hydrogens is 264 g/mol. The lowest BCUT2D eigenvalue weighted by molar-refractivity contribution is -0.147. The summed E-state index contributed by atoms with van der Waals surface area (Å²) in [6.07, 6.45) is 2.10. The van der Waals surface area contributed by atoms with Gasteiger partial charge in [0.15, 0.2) is 0 Å². The number of aliphatic carboxylic acids is 1. The Morgan fingerprint density at radius 1 is 1.53 bits per heavy atom. The van der Waals surface area contributed by atoms with E-state index < -0.39 is 11.5 Å². The summed E-state index contributed by atoms with van der Waals surface area (Å²) in [6.45, 7) is 5.21. The number of amides is 1. The predicted octanol–water partition coefficient (Wildman–Crippen LogP) is 2.14. The number of hydrogen-bond donors (Lipinski definition) is 2. The first-order chi connectivity index (χ1) is 8.87. The lowest BCUT2D eigenvalue weighted by Crippen LogP contribution is -2.51. The molecule has 5 nitrogen and oxygen atoms in total. The van der Waals surface area contributed by atoms with Crippen LogP contribution in [0.25, 0.3) is 0 Å². The van der Waals surface area contributed by atoms with Crippen molar-refractivity contribution in [1.29, 1.82) is 0 Å². The van der Waals surface area contributed by atoms with Crippen LogP contribution in [0, 0.1) is 6.92 Å². The number of nitrogens with zero attached hydrogens (tertiary/aromatic N) is 1. The minimum absolute atomic E-state index is 0.223. The minimum Gasteiger partial charge on any atom is -0.480 e. The standard InChI is InChI=1S/C13H20N2O3S/c1-4-13(3,12(17)18)15-11(16)7-5-6-10-8-19-9(2)14-10/h8H,4-7H2,1-3H3,(H,15,16)(H,17,18). The number of hydrogen-bond acceptors (Lipinski definition) is 4. The summed E-state index contributed by atoms with van der Waals surface area (Å²) in [5, 5.41) is 14.6. The third-order valence-corrected chi connectivity index (χ3v) is 3.92. The van der Waals surface area contributed by atoms with Gasteiger partial charge in [0.1, 0.15) is 5.54 Å². The zero-order valence-electron chi connectivity index (χ0n) is 11.5. The predicted molar refractivity (Wildman–Crippen MR) is 74.3 cm³/mol. The van der Waals surface area contributed by atoms with Crippen LogP contribution in [-0.2, 0) is 16.0 Å². The average molecular weight is 284 g/mol. The Morgan fingerprint density at radius 2 is 2.21 bits per heavy atom. The molecule has 1 aromatic rings. The van der Waals surface area contributed by atoms with Crippen LogP contribution >= 0.6 is 11.3 Å². The van der Waals surface area contributed by atoms with Crippen LogP contribution in [0.1, 0.15) is 43.8 Å². The van der Waals surface area contributed by atoms with Gasteiger partial charge in [-0.1, -0.05) is 6.92 Å². The fraction of sp³-hybridized carbons (Fsp3) is 0.615. The Balaban J connectivity index is 2.37. The van der Waals surface area contributed by atoms with Crippen molar-refractivity contribution in [3.63, 3.8) is 0 Å². The van der Waals surface area contributed by atoms with Gasteiger partial charge in [-0.15, -0.1) is 11.3 Å². The van der Waals surface area contributed by atoms with Gasteiger partial charge in [-0.05, 0) is 33.1 Å². The van der Waals surface area contributed by atoms with Crippen molar-refractivity contribution in [1.82, 2.24) is 10.3 Å². The lowest BCUT2D eigenvalue weighted by atomic mass is 9.99. The second kappa shape index (κ2) is 6.65. The molecule has 1 atom stereocenters. The van der Waals surface area contributed by atoms with Crippen LogP contribution in [0.3, 0.4) is 0 Å². The molecule has 0 aromatic carbocycles. The lowest BCUT2D eigenvalue weighted by Gasteiger charge is -2.24. The quantitative estimate of drug-likeness (QED) is 0.804. The molecule has 0 saturated carbocycles. The Labute approximate surface area is 117 Å². The maximum Gasteiger partial charge on any atom is 0.329 e. The van der Waals surface area contributed by atoms with E-state index >= 15 is 0 Å². The molecule has 1 heterocycles. The molecule has 0 aliphatic heterocycles. The van der Waals surface area contributed by atoms with Crippen molar-refractivity contribution in [2.45, 2.75) is 52.0 Å². The number of thiazole rings is 1. The third kappa shape index (κ3) is 4.63. The number of rotatable bonds is 7. The Hall–Kier alpha value is -1.43. The fourth-order valence-corrected chi connectivity index (χ4v) is 2.26. The van der Waals surface area contributed by atoms with E-state index in [0.29, 0.717) is 19.3 Å². The molecule has 6 heteroatoms. The van der Waals surface area contributed by atoms with Gasteiger partial charge in [-0.25, -0.2) is 9.78 Å². The SMILES string of the molecule is CCC(C)(NC(=O)CCCc1csc(C)n1)C(=O)O. The summed E-state index contributed by atoms with van der Waals surface area (Å²) >= 11 is 1.59. The first-order valence-electron chi connectivity index (χ1n) is 6.33. The molecule has 1 aromatic heterocycles. The van der Waals surface area contributed by atoms with E-state index in [1.165, 1.54) is 6.92 Å². The summed E-state index contributed by atoms with van der Waals surface area (Å²) in [7, 11) is 0. The molecule has 0 aliphatic rings. The summed E-state index contributed by atoms with van der Waals surface area (Å²) in [6, 6.07) is 0. The molecule has 19 heavy (non-hydrogen) atoms. The highest BCUT2D eigenvalue weighted by Gasteiger charge is 2.32. The van der Waals surface area contributed by atoms with Crippen molar-refractivity contribution in [2.24, 2.45) is 0 Å². The number of aryl methyl sites for hydroxylation is 2. The smallest absolute Gasteiger partial charge is 0.329 e. The number of aromatic nitrogens is 1. The van der Waals surface area contributed by atoms with Gasteiger partial charge in [0.05, 0.1) is 10.7 Å². The van der Waals surface area contributed by atoms with Crippen molar-refractivity contribution in [2.75, 3.05) is 0 Å². The molecule has 0 radical (unpaired) electrons. The van der Waals surface area contributed by atoms with Crippen molar-refractivity contribution in [3.8, 4) is 0 Å². The van der Waals surface area contributed by atoms with Crippen molar-refractivity contribution >= 4 is 23.2 Å². The van der Waals surface area contributed by atoms with E-state index in [-0.39, 0.29) is 5.91 Å². The van der Waals surface area contributed by atoms with Crippen LogP contribution < -0.4 is 5.32 Å². The van der Waals surface area contributed by atoms with Gasteiger partial charge in [-0.3, -0.25) is 4.79 Å². The maximum atomic E-state index is 11.7. The van der Waals surface area contributed by atoms with Gasteiger partial charge in [-0.2, -0.15) is 0 Å². The average Bonchev–Trinajstić information content (AvgIpc) is 2.74. The molecule has 0 saturated heterocycles. The van der Waals surface area contributed by atoms with E-state index in [9.17, 15) is 9.59 Å². The second-order valence-corrected chi connectivity index (χ2v) is 5.81. The van der Waals surface area contributed by atoms with Gasteiger partial charge in [0, 0.05) is 11.8 Å². The van der Waals surface area contributed by atoms with Gasteiger partial charge < -0.3 is 10.4 Å². The molecule has 106 valence electrons. The monoisotopic (exact) mass is 284 g/mol. The van der Waals surface area contributed by atoms with Crippen LogP contribution in [0.5, 0.6) is 0 Å². The zero-order valence-corrected chi connectivity index (χ0v) is 12.3. The zero-order chi connectivity index (χ0) is 14.5. The van der Waals surface area contributed by atoms with E-state index in [2.05, 4.69) is 10.3 Å². The molecule has 0 aliphatic carbocycles. The van der Waals surface area contributed by atoms with Crippen LogP contribution in [0.15, 0.2) is 5.38 Å². The first-order valence-corrected chi connectivity index (χ1v) is 7.20. The Bertz CT molecular complexity index is 458. The van der Waals surface area contributed by atoms with E-state index in [1.807, 2.05) is 12.3 Å². The largest absolute Gasteiger partial charge is 0.480 e. The molecule has 1 rings (SSSR count). The number of carbonyl (C=O) groups excluding carboxylic acids is 1. The molecule has 0 spiro atoms. The van der Waals surface area contributed by atoms with Gasteiger partial charge in [0.2, 0.25) is 5.91 Å². The molecule has 2 N–H and O–H groups in total. The Kier molecular flexibility index (Phi) is 5.47. The first kappa shape index (κ1) is 15.6. The van der Waals surface area contributed by atoms with Crippen molar-refractivity contribution < 1.29 is 14.7 Å². The van der Waals surface area contributed by atoms with E-state index in [0.717, 1.165) is 17.1 Å². The highest BCUT2D eigenvalue weighted by atomic mass is 32.1. The molecule has 0 bridgehead atoms. The number of carboxylic acids is 1. The second-order valence-electron chi connectivity index (χ2n) is 4.75. The summed E-state index contributed by atoms with van der Waals surface area (Å²) in [5.41, 5.74) is -0.180. The summed E-state index contributed by atoms with van der Waals surface area (Å²) in [5.74, 6) is -1.22. The summed E-state index contributed by atoms with van der Waals surface area (Å²) in [4.78, 5) is 27.1. The van der Waals surface area contributed by atoms with Gasteiger partial charge in [0.25, 0.3) is 0 Å². The van der Waals surface area contributed by atoms with Crippen LogP contribution in [-0.4, -0.2) is 27.5 Å². The normalized spacial score (nSPS) is 13.8. The van der Waals surface area contributed by atoms with E-state index in [1.54, 1.807) is 18.3 Å². The third-order valence-electron chi connectivity index (χ3n) is 3.10. The Morgan fingerprint density at radius 3 is 2.68 bits per heavy atom. The highest BCUT2D eigenvalue weighted by Crippen LogP contribution is 2.12. The van der Waals surface area contributed by atoms with Crippen LogP contribution in [0.4, 0.5) is 0 Å².